The molecule has 0 N–H and O–H groups in total. The van der Waals surface area contributed by atoms with E-state index < -0.39 is 0 Å². The number of hydrogen-bond acceptors (Lipinski definition) is 2. The van der Waals surface area contributed by atoms with Crippen LogP contribution in [0.1, 0.15) is 19.3 Å². The summed E-state index contributed by atoms with van der Waals surface area (Å²) in [6, 6.07) is 8.28. The molecule has 1 aromatic carbocycles. The van der Waals surface area contributed by atoms with Gasteiger partial charge in [0, 0.05) is 18.5 Å². The molecule has 0 unspecified atom stereocenters. The summed E-state index contributed by atoms with van der Waals surface area (Å²) in [5, 5.41) is 8.13. The molecule has 78 valence electrons. The van der Waals surface area contributed by atoms with E-state index in [9.17, 15) is 0 Å². The van der Waals surface area contributed by atoms with Crippen molar-refractivity contribution < 1.29 is 0 Å². The van der Waals surface area contributed by atoms with Crippen molar-refractivity contribution in [1.29, 1.82) is 0 Å². The third-order valence-electron chi connectivity index (χ3n) is 3.02. The first-order valence-electron chi connectivity index (χ1n) is 5.63. The van der Waals surface area contributed by atoms with Crippen molar-refractivity contribution in [3.8, 4) is 0 Å². The second kappa shape index (κ2) is 3.57. The quantitative estimate of drug-likeness (QED) is 0.705. The van der Waals surface area contributed by atoms with Gasteiger partial charge in [-0.25, -0.2) is 0 Å². The predicted octanol–water partition coefficient (Wildman–Crippen LogP) is 2.16. The van der Waals surface area contributed by atoms with Gasteiger partial charge in [-0.3, -0.25) is 5.01 Å². The number of benzene rings is 1. The lowest BCUT2D eigenvalue weighted by molar-refractivity contribution is 0.451. The van der Waals surface area contributed by atoms with E-state index in [0.29, 0.717) is 0 Å². The second-order valence-electron chi connectivity index (χ2n) is 4.12. The largest absolute Gasteiger partial charge is 0.297 e. The van der Waals surface area contributed by atoms with Crippen molar-refractivity contribution in [1.82, 2.24) is 9.89 Å². The van der Waals surface area contributed by atoms with E-state index in [1.807, 2.05) is 10.9 Å². The summed E-state index contributed by atoms with van der Waals surface area (Å²) in [6.07, 6.45) is 6.06. The van der Waals surface area contributed by atoms with Crippen molar-refractivity contribution in [3.63, 3.8) is 0 Å². The lowest BCUT2D eigenvalue weighted by Crippen LogP contribution is -2.39. The van der Waals surface area contributed by atoms with Crippen molar-refractivity contribution in [3.05, 3.63) is 30.5 Å². The van der Waals surface area contributed by atoms with Crippen LogP contribution in [-0.2, 0) is 0 Å². The Morgan fingerprint density at radius 1 is 1.00 bits per heavy atom. The maximum atomic E-state index is 4.58. The summed E-state index contributed by atoms with van der Waals surface area (Å²) in [4.78, 5) is 2.02. The molecule has 1 aromatic heterocycles. The molecular weight excluding hydrogens is 186 g/mol. The molecule has 3 heteroatoms. The summed E-state index contributed by atoms with van der Waals surface area (Å²) < 4.78 is 0. The fourth-order valence-electron chi connectivity index (χ4n) is 2.18. The first-order chi connectivity index (χ1) is 7.43. The van der Waals surface area contributed by atoms with Gasteiger partial charge in [-0.2, -0.15) is 9.89 Å². The Morgan fingerprint density at radius 3 is 2.60 bits per heavy atom. The fourth-order valence-corrected chi connectivity index (χ4v) is 2.18. The van der Waals surface area contributed by atoms with Crippen LogP contribution in [0.5, 0.6) is 0 Å². The predicted molar refractivity (Wildman–Crippen MR) is 61.5 cm³/mol. The van der Waals surface area contributed by atoms with Crippen LogP contribution in [-0.4, -0.2) is 23.0 Å². The lowest BCUT2D eigenvalue weighted by Gasteiger charge is -2.27. The van der Waals surface area contributed by atoms with Crippen LogP contribution in [0.2, 0.25) is 0 Å². The Morgan fingerprint density at radius 2 is 1.80 bits per heavy atom. The number of nitrogens with zero attached hydrogens (tertiary/aromatic N) is 3. The summed E-state index contributed by atoms with van der Waals surface area (Å²) in [6.45, 7) is 2.27. The first-order valence-corrected chi connectivity index (χ1v) is 5.63. The summed E-state index contributed by atoms with van der Waals surface area (Å²) in [7, 11) is 0. The van der Waals surface area contributed by atoms with Crippen LogP contribution in [0.4, 0.5) is 0 Å². The maximum absolute atomic E-state index is 4.58. The average molecular weight is 201 g/mol. The summed E-state index contributed by atoms with van der Waals surface area (Å²) in [5.74, 6) is 0. The standard InChI is InChI=1S/C12H15N3/c1-4-8-14(9-5-1)15-10-11-6-2-3-7-12(11)13-15/h2-3,6-7,10H,1,4-5,8-9H2. The molecule has 0 bridgehead atoms. The van der Waals surface area contributed by atoms with E-state index in [2.05, 4.69) is 34.5 Å². The van der Waals surface area contributed by atoms with Gasteiger partial charge in [0.05, 0.1) is 11.7 Å². The summed E-state index contributed by atoms with van der Waals surface area (Å²) in [5.41, 5.74) is 1.09. The van der Waals surface area contributed by atoms with Gasteiger partial charge < -0.3 is 0 Å². The Bertz CT molecular complexity index is 422. The maximum Gasteiger partial charge on any atom is 0.0944 e. The molecule has 2 aromatic rings. The van der Waals surface area contributed by atoms with Crippen molar-refractivity contribution >= 4 is 10.9 Å². The van der Waals surface area contributed by atoms with E-state index in [1.165, 1.54) is 24.6 Å². The number of aromatic nitrogens is 2. The van der Waals surface area contributed by atoms with Gasteiger partial charge in [-0.15, -0.1) is 0 Å². The average Bonchev–Trinajstić information content (AvgIpc) is 2.74. The molecule has 3 nitrogen and oxygen atoms in total. The molecule has 0 spiro atoms. The highest BCUT2D eigenvalue weighted by atomic mass is 15.6. The highest BCUT2D eigenvalue weighted by molar-refractivity contribution is 5.77. The molecule has 0 saturated carbocycles. The molecular formula is C12H15N3. The van der Waals surface area contributed by atoms with Gasteiger partial charge >= 0.3 is 0 Å². The Labute approximate surface area is 89.3 Å². The van der Waals surface area contributed by atoms with Gasteiger partial charge in [0.25, 0.3) is 0 Å². The van der Waals surface area contributed by atoms with E-state index in [4.69, 9.17) is 0 Å². The van der Waals surface area contributed by atoms with Crippen LogP contribution >= 0.6 is 0 Å². The third kappa shape index (κ3) is 1.58. The van der Waals surface area contributed by atoms with Crippen molar-refractivity contribution in [2.24, 2.45) is 0 Å². The Kier molecular flexibility index (Phi) is 2.09. The smallest absolute Gasteiger partial charge is 0.0944 e. The lowest BCUT2D eigenvalue weighted by atomic mass is 10.2. The zero-order valence-corrected chi connectivity index (χ0v) is 8.76. The van der Waals surface area contributed by atoms with Crippen LogP contribution in [0.25, 0.3) is 10.9 Å². The molecule has 0 atom stereocenters. The van der Waals surface area contributed by atoms with Crippen molar-refractivity contribution in [2.75, 3.05) is 18.1 Å². The zero-order valence-electron chi connectivity index (χ0n) is 8.76. The number of hydrogen-bond donors (Lipinski definition) is 0. The number of rotatable bonds is 1. The molecule has 1 aliphatic heterocycles. The molecule has 0 radical (unpaired) electrons. The molecule has 2 heterocycles. The minimum absolute atomic E-state index is 1.09. The van der Waals surface area contributed by atoms with Crippen LogP contribution in [0.3, 0.4) is 0 Å². The normalized spacial score (nSPS) is 17.2. The van der Waals surface area contributed by atoms with Gasteiger partial charge in [0.15, 0.2) is 0 Å². The molecule has 0 amide bonds. The monoisotopic (exact) mass is 201 g/mol. The minimum Gasteiger partial charge on any atom is -0.297 e. The van der Waals surface area contributed by atoms with Crippen LogP contribution in [0, 0.1) is 0 Å². The van der Waals surface area contributed by atoms with Crippen LogP contribution in [0.15, 0.2) is 30.5 Å². The van der Waals surface area contributed by atoms with Crippen LogP contribution < -0.4 is 5.01 Å². The fraction of sp³-hybridized carbons (Fsp3) is 0.417. The Balaban J connectivity index is 1.96. The zero-order chi connectivity index (χ0) is 10.1. The molecule has 3 rings (SSSR count). The molecule has 0 aliphatic carbocycles. The van der Waals surface area contributed by atoms with Crippen molar-refractivity contribution in [2.45, 2.75) is 19.3 Å². The first kappa shape index (κ1) is 8.77. The number of piperidine rings is 1. The van der Waals surface area contributed by atoms with E-state index in [-0.39, 0.29) is 0 Å². The molecule has 1 aliphatic rings. The molecule has 1 saturated heterocycles. The van der Waals surface area contributed by atoms with Gasteiger partial charge in [0.1, 0.15) is 0 Å². The van der Waals surface area contributed by atoms with E-state index >= 15 is 0 Å². The molecule has 15 heavy (non-hydrogen) atoms. The summed E-state index contributed by atoms with van der Waals surface area (Å²) >= 11 is 0. The second-order valence-corrected chi connectivity index (χ2v) is 4.12. The molecule has 1 fully saturated rings. The highest BCUT2D eigenvalue weighted by Gasteiger charge is 2.11. The Hall–Kier alpha value is -1.51. The van der Waals surface area contributed by atoms with E-state index in [0.717, 1.165) is 18.6 Å². The minimum atomic E-state index is 1.09. The third-order valence-corrected chi connectivity index (χ3v) is 3.02. The van der Waals surface area contributed by atoms with Gasteiger partial charge in [0.2, 0.25) is 0 Å². The van der Waals surface area contributed by atoms with Gasteiger partial charge in [-0.1, -0.05) is 18.2 Å². The van der Waals surface area contributed by atoms with Gasteiger partial charge in [-0.05, 0) is 25.3 Å². The number of fused-ring (bicyclic) bond motifs is 1. The topological polar surface area (TPSA) is 21.1 Å². The highest BCUT2D eigenvalue weighted by Crippen LogP contribution is 2.13. The van der Waals surface area contributed by atoms with E-state index in [1.54, 1.807) is 0 Å². The SMILES string of the molecule is c1ccc2nn(N3CCCCC3)cc2c1.